The summed E-state index contributed by atoms with van der Waals surface area (Å²) < 4.78 is 0. The van der Waals surface area contributed by atoms with E-state index in [1.54, 1.807) is 24.3 Å². The Balaban J connectivity index is 2.34. The van der Waals surface area contributed by atoms with Crippen LogP contribution >= 0.6 is 23.2 Å². The predicted molar refractivity (Wildman–Crippen MR) is 57.0 cm³/mol. The molecule has 1 heterocycles. The van der Waals surface area contributed by atoms with E-state index in [2.05, 4.69) is 5.32 Å². The molecule has 2 unspecified atom stereocenters. The number of hydrogen-bond donors (Lipinski definition) is 1. The molecular formula is C10H7Cl2NO2. The molecule has 1 aromatic carbocycles. The highest BCUT2D eigenvalue weighted by molar-refractivity contribution is 6.37. The van der Waals surface area contributed by atoms with E-state index in [9.17, 15) is 9.59 Å². The number of rotatable bonds is 1. The zero-order valence-corrected chi connectivity index (χ0v) is 9.05. The van der Waals surface area contributed by atoms with Crippen LogP contribution in [-0.2, 0) is 9.59 Å². The predicted octanol–water partition coefficient (Wildman–Crippen LogP) is 1.69. The Kier molecular flexibility index (Phi) is 2.67. The molecule has 0 bridgehead atoms. The van der Waals surface area contributed by atoms with Gasteiger partial charge in [0.25, 0.3) is 0 Å². The van der Waals surface area contributed by atoms with Crippen LogP contribution in [-0.4, -0.2) is 17.2 Å². The molecule has 3 nitrogen and oxygen atoms in total. The summed E-state index contributed by atoms with van der Waals surface area (Å²) in [4.78, 5) is 22.6. The number of imide groups is 1. The molecule has 1 aliphatic rings. The number of halogens is 2. The molecule has 15 heavy (non-hydrogen) atoms. The van der Waals surface area contributed by atoms with Crippen molar-refractivity contribution in [1.29, 1.82) is 0 Å². The van der Waals surface area contributed by atoms with Crippen molar-refractivity contribution in [1.82, 2.24) is 5.32 Å². The molecule has 0 aromatic heterocycles. The highest BCUT2D eigenvalue weighted by Gasteiger charge is 2.41. The number of carbonyl (C=O) groups excluding carboxylic acids is 2. The Morgan fingerprint density at radius 1 is 1.07 bits per heavy atom. The van der Waals surface area contributed by atoms with Gasteiger partial charge in [0.05, 0.1) is 5.92 Å². The van der Waals surface area contributed by atoms with Crippen molar-refractivity contribution in [2.24, 2.45) is 0 Å². The largest absolute Gasteiger partial charge is 0.295 e. The van der Waals surface area contributed by atoms with Gasteiger partial charge in [-0.05, 0) is 17.7 Å². The van der Waals surface area contributed by atoms with Crippen molar-refractivity contribution in [3.8, 4) is 0 Å². The van der Waals surface area contributed by atoms with E-state index < -0.39 is 17.2 Å². The third-order valence-corrected chi connectivity index (χ3v) is 3.00. The molecular weight excluding hydrogens is 237 g/mol. The fraction of sp³-hybridized carbons (Fsp3) is 0.200. The molecule has 1 fully saturated rings. The second-order valence-corrected chi connectivity index (χ2v) is 4.19. The highest BCUT2D eigenvalue weighted by Crippen LogP contribution is 2.29. The molecule has 0 radical (unpaired) electrons. The van der Waals surface area contributed by atoms with Gasteiger partial charge in [0.2, 0.25) is 11.8 Å². The van der Waals surface area contributed by atoms with Crippen molar-refractivity contribution in [2.45, 2.75) is 11.3 Å². The van der Waals surface area contributed by atoms with Gasteiger partial charge in [-0.3, -0.25) is 14.9 Å². The minimum Gasteiger partial charge on any atom is -0.295 e. The lowest BCUT2D eigenvalue weighted by Crippen LogP contribution is -2.22. The van der Waals surface area contributed by atoms with E-state index in [0.29, 0.717) is 10.6 Å². The molecule has 1 N–H and O–H groups in total. The lowest BCUT2D eigenvalue weighted by Gasteiger charge is -2.09. The van der Waals surface area contributed by atoms with Crippen LogP contribution in [0.15, 0.2) is 24.3 Å². The van der Waals surface area contributed by atoms with Crippen LogP contribution in [0.3, 0.4) is 0 Å². The van der Waals surface area contributed by atoms with Gasteiger partial charge < -0.3 is 0 Å². The molecule has 1 aromatic rings. The monoisotopic (exact) mass is 243 g/mol. The van der Waals surface area contributed by atoms with Crippen LogP contribution in [0.25, 0.3) is 0 Å². The summed E-state index contributed by atoms with van der Waals surface area (Å²) in [5.41, 5.74) is 0.697. The maximum atomic E-state index is 11.4. The van der Waals surface area contributed by atoms with Gasteiger partial charge in [-0.2, -0.15) is 0 Å². The summed E-state index contributed by atoms with van der Waals surface area (Å²) in [6.45, 7) is 0. The maximum absolute atomic E-state index is 11.4. The Labute approximate surface area is 96.4 Å². The SMILES string of the molecule is O=C1NC(=O)C(c2ccc(Cl)cc2)C1Cl. The Morgan fingerprint density at radius 3 is 2.13 bits per heavy atom. The number of nitrogens with one attached hydrogen (secondary N) is 1. The summed E-state index contributed by atoms with van der Waals surface area (Å²) >= 11 is 11.6. The average Bonchev–Trinajstić information content (AvgIpc) is 2.44. The van der Waals surface area contributed by atoms with Gasteiger partial charge in [0.1, 0.15) is 5.38 Å². The van der Waals surface area contributed by atoms with E-state index >= 15 is 0 Å². The van der Waals surface area contributed by atoms with Crippen molar-refractivity contribution in [2.75, 3.05) is 0 Å². The zero-order chi connectivity index (χ0) is 11.0. The summed E-state index contributed by atoms with van der Waals surface area (Å²) in [7, 11) is 0. The molecule has 1 saturated heterocycles. The Morgan fingerprint density at radius 2 is 1.67 bits per heavy atom. The van der Waals surface area contributed by atoms with E-state index in [-0.39, 0.29) is 5.91 Å². The van der Waals surface area contributed by atoms with Crippen molar-refractivity contribution < 1.29 is 9.59 Å². The van der Waals surface area contributed by atoms with Gasteiger partial charge in [0, 0.05) is 5.02 Å². The first-order chi connectivity index (χ1) is 7.09. The summed E-state index contributed by atoms with van der Waals surface area (Å²) in [5.74, 6) is -1.42. The highest BCUT2D eigenvalue weighted by atomic mass is 35.5. The van der Waals surface area contributed by atoms with Gasteiger partial charge >= 0.3 is 0 Å². The number of alkyl halides is 1. The quantitative estimate of drug-likeness (QED) is 0.603. The third-order valence-electron chi connectivity index (χ3n) is 2.30. The Bertz CT molecular complexity index is 416. The molecule has 2 rings (SSSR count). The van der Waals surface area contributed by atoms with Crippen LogP contribution in [0.1, 0.15) is 11.5 Å². The average molecular weight is 244 g/mol. The van der Waals surface area contributed by atoms with Crippen LogP contribution in [0, 0.1) is 0 Å². The number of benzene rings is 1. The van der Waals surface area contributed by atoms with Crippen LogP contribution < -0.4 is 5.32 Å². The summed E-state index contributed by atoms with van der Waals surface area (Å²) in [6.07, 6.45) is 0. The number of carbonyl (C=O) groups is 2. The lowest BCUT2D eigenvalue weighted by molar-refractivity contribution is -0.125. The number of hydrogen-bond acceptors (Lipinski definition) is 2. The summed E-state index contributed by atoms with van der Waals surface area (Å²) in [5, 5.41) is 1.93. The fourth-order valence-corrected chi connectivity index (χ4v) is 1.98. The van der Waals surface area contributed by atoms with Crippen LogP contribution in [0.2, 0.25) is 5.02 Å². The van der Waals surface area contributed by atoms with Crippen molar-refractivity contribution in [3.63, 3.8) is 0 Å². The molecule has 0 spiro atoms. The molecule has 2 atom stereocenters. The van der Waals surface area contributed by atoms with Crippen molar-refractivity contribution in [3.05, 3.63) is 34.9 Å². The maximum Gasteiger partial charge on any atom is 0.245 e. The smallest absolute Gasteiger partial charge is 0.245 e. The van der Waals surface area contributed by atoms with Gasteiger partial charge in [-0.1, -0.05) is 23.7 Å². The minimum atomic E-state index is -0.835. The van der Waals surface area contributed by atoms with Crippen LogP contribution in [0.4, 0.5) is 0 Å². The fourth-order valence-electron chi connectivity index (χ4n) is 1.54. The first kappa shape index (κ1) is 10.5. The Hall–Kier alpha value is -1.06. The first-order valence-corrected chi connectivity index (χ1v) is 5.15. The van der Waals surface area contributed by atoms with E-state index in [1.807, 2.05) is 0 Å². The summed E-state index contributed by atoms with van der Waals surface area (Å²) in [6, 6.07) is 6.72. The van der Waals surface area contributed by atoms with E-state index in [1.165, 1.54) is 0 Å². The molecule has 2 amide bonds. The second kappa shape index (κ2) is 3.83. The first-order valence-electron chi connectivity index (χ1n) is 4.34. The van der Waals surface area contributed by atoms with Gasteiger partial charge in [0.15, 0.2) is 0 Å². The van der Waals surface area contributed by atoms with E-state index in [4.69, 9.17) is 23.2 Å². The normalized spacial score (nSPS) is 25.5. The van der Waals surface area contributed by atoms with E-state index in [0.717, 1.165) is 0 Å². The molecule has 0 saturated carbocycles. The van der Waals surface area contributed by atoms with Crippen LogP contribution in [0.5, 0.6) is 0 Å². The zero-order valence-electron chi connectivity index (χ0n) is 7.54. The molecule has 5 heteroatoms. The van der Waals surface area contributed by atoms with Gasteiger partial charge in [-0.15, -0.1) is 11.6 Å². The standard InChI is InChI=1S/C10H7Cl2NO2/c11-6-3-1-5(2-4-6)7-8(12)10(15)13-9(7)14/h1-4,7-8H,(H,13,14,15). The second-order valence-electron chi connectivity index (χ2n) is 3.28. The molecule has 1 aliphatic heterocycles. The number of amides is 2. The minimum absolute atomic E-state index is 0.359. The molecule has 0 aliphatic carbocycles. The third kappa shape index (κ3) is 1.85. The van der Waals surface area contributed by atoms with Gasteiger partial charge in [-0.25, -0.2) is 0 Å². The van der Waals surface area contributed by atoms with Crippen molar-refractivity contribution >= 4 is 35.0 Å². The topological polar surface area (TPSA) is 46.2 Å². The lowest BCUT2D eigenvalue weighted by atomic mass is 9.97. The molecule has 78 valence electrons.